The second-order valence-electron chi connectivity index (χ2n) is 6.79. The first-order valence-corrected chi connectivity index (χ1v) is 9.55. The van der Waals surface area contributed by atoms with Crippen molar-refractivity contribution in [1.82, 2.24) is 14.9 Å². The number of nitrogens with zero attached hydrogens (tertiary/aromatic N) is 3. The Morgan fingerprint density at radius 1 is 1.31 bits per heavy atom. The van der Waals surface area contributed by atoms with Crippen LogP contribution in [0.5, 0.6) is 0 Å². The third-order valence-corrected chi connectivity index (χ3v) is 5.69. The van der Waals surface area contributed by atoms with Gasteiger partial charge in [-0.2, -0.15) is 0 Å². The topological polar surface area (TPSA) is 61.3 Å². The Hall–Kier alpha value is -2.02. The molecule has 26 heavy (non-hydrogen) atoms. The van der Waals surface area contributed by atoms with E-state index in [0.717, 1.165) is 64.1 Å². The molecule has 3 heterocycles. The van der Waals surface area contributed by atoms with Crippen LogP contribution in [0.1, 0.15) is 17.5 Å². The van der Waals surface area contributed by atoms with E-state index in [2.05, 4.69) is 49.1 Å². The molecule has 5 nitrogen and oxygen atoms in total. The summed E-state index contributed by atoms with van der Waals surface area (Å²) in [6.07, 6.45) is 4.37. The number of pyridine rings is 2. The van der Waals surface area contributed by atoms with Crippen molar-refractivity contribution in [2.45, 2.75) is 26.0 Å². The van der Waals surface area contributed by atoms with Crippen LogP contribution in [0.3, 0.4) is 0 Å². The number of rotatable bonds is 4. The highest BCUT2D eigenvalue weighted by Crippen LogP contribution is 2.28. The molecule has 0 unspecified atom stereocenters. The number of hydrogen-bond donors (Lipinski definition) is 2. The SMILES string of the molecule is Cc1c(Br)cccc1Nc1nccc2cc(CN3CC[C@H](O)C3)cnc12. The molecule has 6 heteroatoms. The summed E-state index contributed by atoms with van der Waals surface area (Å²) >= 11 is 3.57. The smallest absolute Gasteiger partial charge is 0.156 e. The lowest BCUT2D eigenvalue weighted by atomic mass is 10.1. The van der Waals surface area contributed by atoms with Crippen LogP contribution in [0.15, 0.2) is 47.2 Å². The van der Waals surface area contributed by atoms with E-state index in [4.69, 9.17) is 0 Å². The van der Waals surface area contributed by atoms with Gasteiger partial charge in [-0.1, -0.05) is 22.0 Å². The third-order valence-electron chi connectivity index (χ3n) is 4.83. The zero-order valence-corrected chi connectivity index (χ0v) is 16.2. The molecule has 4 rings (SSSR count). The van der Waals surface area contributed by atoms with E-state index in [-0.39, 0.29) is 6.10 Å². The molecular weight excluding hydrogens is 392 g/mol. The van der Waals surface area contributed by atoms with Gasteiger partial charge < -0.3 is 10.4 Å². The fraction of sp³-hybridized carbons (Fsp3) is 0.300. The molecule has 1 aliphatic heterocycles. The van der Waals surface area contributed by atoms with E-state index in [1.54, 1.807) is 0 Å². The van der Waals surface area contributed by atoms with Gasteiger partial charge in [-0.25, -0.2) is 4.98 Å². The maximum absolute atomic E-state index is 9.69. The molecule has 1 aliphatic rings. The summed E-state index contributed by atoms with van der Waals surface area (Å²) in [4.78, 5) is 11.4. The highest BCUT2D eigenvalue weighted by atomic mass is 79.9. The average molecular weight is 413 g/mol. The summed E-state index contributed by atoms with van der Waals surface area (Å²) in [5.41, 5.74) is 4.16. The normalized spacial score (nSPS) is 17.7. The average Bonchev–Trinajstić information content (AvgIpc) is 3.04. The molecule has 1 aromatic carbocycles. The fourth-order valence-electron chi connectivity index (χ4n) is 3.37. The van der Waals surface area contributed by atoms with Crippen LogP contribution in [0.4, 0.5) is 11.5 Å². The first kappa shape index (κ1) is 17.4. The van der Waals surface area contributed by atoms with E-state index in [1.165, 1.54) is 0 Å². The van der Waals surface area contributed by atoms with Crippen molar-refractivity contribution in [3.05, 3.63) is 58.3 Å². The maximum Gasteiger partial charge on any atom is 0.156 e. The molecule has 1 saturated heterocycles. The van der Waals surface area contributed by atoms with Gasteiger partial charge in [0, 0.05) is 47.6 Å². The zero-order valence-electron chi connectivity index (χ0n) is 14.6. The monoisotopic (exact) mass is 412 g/mol. The molecule has 0 saturated carbocycles. The van der Waals surface area contributed by atoms with Crippen molar-refractivity contribution in [3.63, 3.8) is 0 Å². The van der Waals surface area contributed by atoms with Crippen molar-refractivity contribution in [3.8, 4) is 0 Å². The summed E-state index contributed by atoms with van der Waals surface area (Å²) in [6, 6.07) is 10.2. The number of β-amino-alcohol motifs (C(OH)–C–C–N with tert-alkyl or cyclic N) is 1. The summed E-state index contributed by atoms with van der Waals surface area (Å²) in [5, 5.41) is 14.2. The van der Waals surface area contributed by atoms with Gasteiger partial charge in [0.25, 0.3) is 0 Å². The number of fused-ring (bicyclic) bond motifs is 1. The molecule has 0 amide bonds. The molecule has 1 fully saturated rings. The number of benzene rings is 1. The van der Waals surface area contributed by atoms with Crippen LogP contribution >= 0.6 is 15.9 Å². The van der Waals surface area contributed by atoms with E-state index in [9.17, 15) is 5.11 Å². The second-order valence-corrected chi connectivity index (χ2v) is 7.64. The molecule has 134 valence electrons. The first-order valence-electron chi connectivity index (χ1n) is 8.76. The van der Waals surface area contributed by atoms with Crippen LogP contribution in [-0.2, 0) is 6.54 Å². The minimum absolute atomic E-state index is 0.197. The van der Waals surface area contributed by atoms with Gasteiger partial charge in [0.1, 0.15) is 5.52 Å². The van der Waals surface area contributed by atoms with Crippen LogP contribution in [0.25, 0.3) is 10.9 Å². The number of halogens is 1. The van der Waals surface area contributed by atoms with Gasteiger partial charge >= 0.3 is 0 Å². The Morgan fingerprint density at radius 2 is 2.19 bits per heavy atom. The van der Waals surface area contributed by atoms with E-state index in [0.29, 0.717) is 0 Å². The molecule has 1 atom stereocenters. The largest absolute Gasteiger partial charge is 0.392 e. The Bertz CT molecular complexity index is 946. The van der Waals surface area contributed by atoms with Gasteiger partial charge in [-0.15, -0.1) is 0 Å². The van der Waals surface area contributed by atoms with Crippen molar-refractivity contribution in [1.29, 1.82) is 0 Å². The second kappa shape index (κ2) is 7.31. The van der Waals surface area contributed by atoms with Gasteiger partial charge in [-0.05, 0) is 48.7 Å². The maximum atomic E-state index is 9.69. The molecule has 0 bridgehead atoms. The number of hydrogen-bond acceptors (Lipinski definition) is 5. The number of anilines is 2. The Labute approximate surface area is 161 Å². The molecule has 0 aliphatic carbocycles. The van der Waals surface area contributed by atoms with Crippen LogP contribution in [0, 0.1) is 6.92 Å². The highest BCUT2D eigenvalue weighted by molar-refractivity contribution is 9.10. The standard InChI is InChI=1S/C20H21BrN4O/c1-13-17(21)3-2-4-18(13)24-20-19-15(5-7-22-20)9-14(10-23-19)11-25-8-6-16(26)12-25/h2-5,7,9-10,16,26H,6,8,11-12H2,1H3,(H,22,24)/t16-/m0/s1. The van der Waals surface area contributed by atoms with Gasteiger partial charge in [0.2, 0.25) is 0 Å². The van der Waals surface area contributed by atoms with Crippen molar-refractivity contribution >= 4 is 38.3 Å². The molecule has 2 aromatic heterocycles. The van der Waals surface area contributed by atoms with Gasteiger partial charge in [-0.3, -0.25) is 9.88 Å². The predicted octanol–water partition coefficient (Wildman–Crippen LogP) is 4.01. The lowest BCUT2D eigenvalue weighted by molar-refractivity contribution is 0.175. The molecule has 3 aromatic rings. The summed E-state index contributed by atoms with van der Waals surface area (Å²) in [7, 11) is 0. The predicted molar refractivity (Wildman–Crippen MR) is 108 cm³/mol. The van der Waals surface area contributed by atoms with Gasteiger partial charge in [0.05, 0.1) is 6.10 Å². The van der Waals surface area contributed by atoms with Crippen molar-refractivity contribution in [2.75, 3.05) is 18.4 Å². The minimum atomic E-state index is -0.197. The van der Waals surface area contributed by atoms with E-state index >= 15 is 0 Å². The molecular formula is C20H21BrN4O. The van der Waals surface area contributed by atoms with Crippen LogP contribution in [0.2, 0.25) is 0 Å². The van der Waals surface area contributed by atoms with Crippen LogP contribution < -0.4 is 5.32 Å². The Kier molecular flexibility index (Phi) is 4.89. The summed E-state index contributed by atoms with van der Waals surface area (Å²) < 4.78 is 1.06. The summed E-state index contributed by atoms with van der Waals surface area (Å²) in [6.45, 7) is 4.55. The molecule has 2 N–H and O–H groups in total. The highest BCUT2D eigenvalue weighted by Gasteiger charge is 2.20. The van der Waals surface area contributed by atoms with Crippen molar-refractivity contribution in [2.24, 2.45) is 0 Å². The van der Waals surface area contributed by atoms with E-state index < -0.39 is 0 Å². The number of nitrogens with one attached hydrogen (secondary N) is 1. The lowest BCUT2D eigenvalue weighted by Gasteiger charge is -2.15. The quantitative estimate of drug-likeness (QED) is 0.677. The van der Waals surface area contributed by atoms with Gasteiger partial charge in [0.15, 0.2) is 5.82 Å². The zero-order chi connectivity index (χ0) is 18.1. The number of aromatic nitrogens is 2. The minimum Gasteiger partial charge on any atom is -0.392 e. The Morgan fingerprint density at radius 3 is 3.00 bits per heavy atom. The van der Waals surface area contributed by atoms with Crippen molar-refractivity contribution < 1.29 is 5.11 Å². The number of aliphatic hydroxyl groups excluding tert-OH is 1. The summed E-state index contributed by atoms with van der Waals surface area (Å²) in [5.74, 6) is 0.756. The molecule has 0 spiro atoms. The Balaban J connectivity index is 1.61. The lowest BCUT2D eigenvalue weighted by Crippen LogP contribution is -2.21. The van der Waals surface area contributed by atoms with E-state index in [1.807, 2.05) is 36.7 Å². The molecule has 0 radical (unpaired) electrons. The first-order chi connectivity index (χ1) is 12.6. The number of likely N-dealkylation sites (tertiary alicyclic amines) is 1. The van der Waals surface area contributed by atoms with Crippen LogP contribution in [-0.4, -0.2) is 39.2 Å². The number of aliphatic hydroxyl groups is 1. The third kappa shape index (κ3) is 3.58. The fourth-order valence-corrected chi connectivity index (χ4v) is 3.73.